The van der Waals surface area contributed by atoms with Crippen LogP contribution in [0.3, 0.4) is 0 Å². The summed E-state index contributed by atoms with van der Waals surface area (Å²) in [6.45, 7) is 2.51. The number of hydrogen-bond acceptors (Lipinski definition) is 4. The molecule has 208 valence electrons. The molecule has 4 rings (SSSR count). The lowest BCUT2D eigenvalue weighted by Crippen LogP contribution is -2.49. The Morgan fingerprint density at radius 3 is 2.45 bits per heavy atom. The van der Waals surface area contributed by atoms with Crippen molar-refractivity contribution in [3.63, 3.8) is 0 Å². The molecule has 2 heterocycles. The van der Waals surface area contributed by atoms with E-state index in [2.05, 4.69) is 10.2 Å². The van der Waals surface area contributed by atoms with Gasteiger partial charge in [0.15, 0.2) is 0 Å². The number of piperidine rings is 1. The first-order chi connectivity index (χ1) is 18.2. The quantitative estimate of drug-likeness (QED) is 0.377. The summed E-state index contributed by atoms with van der Waals surface area (Å²) >= 11 is -0.159. The lowest BCUT2D eigenvalue weighted by molar-refractivity contribution is -0.138. The Hall–Kier alpha value is -2.17. The second-order valence-electron chi connectivity index (χ2n) is 10.1. The molecule has 2 saturated heterocycles. The van der Waals surface area contributed by atoms with Crippen LogP contribution in [0, 0.1) is 5.82 Å². The van der Waals surface area contributed by atoms with E-state index in [0.717, 1.165) is 44.5 Å². The van der Waals surface area contributed by atoms with E-state index in [9.17, 15) is 26.2 Å². The Bertz CT molecular complexity index is 1040. The molecule has 4 nitrogen and oxygen atoms in total. The molecule has 1 aromatic rings. The van der Waals surface area contributed by atoms with Crippen LogP contribution in [0.4, 0.5) is 21.4 Å². The van der Waals surface area contributed by atoms with Crippen molar-refractivity contribution in [2.45, 2.75) is 69.2 Å². The van der Waals surface area contributed by atoms with Crippen molar-refractivity contribution in [2.24, 2.45) is 0 Å². The minimum absolute atomic E-state index is 0.0437. The Balaban J connectivity index is 1.20. The number of likely N-dealkylation sites (tertiary alicyclic amines) is 1. The molecule has 1 N–H and O–H groups in total. The standard InChI is InChI=1S/C28H33F5N2O2S/c29-23-6-4-20(5-7-23)21-11-14-35(15-12-21)24-8-9-26(37-18-24)27(36)34-13-10-19-2-1-3-25(38-33)17-22(16-19)28(30,31)32/h2,4-7,16-17,21,24,26H,1,3,8-15,18H2,(H,34,36)/b19-2-,22-16+,25-17-. The van der Waals surface area contributed by atoms with Crippen molar-refractivity contribution in [3.05, 3.63) is 69.9 Å². The first-order valence-corrected chi connectivity index (χ1v) is 13.8. The molecule has 0 spiro atoms. The van der Waals surface area contributed by atoms with Gasteiger partial charge in [-0.3, -0.25) is 9.69 Å². The third-order valence-electron chi connectivity index (χ3n) is 7.53. The zero-order valence-corrected chi connectivity index (χ0v) is 21.9. The summed E-state index contributed by atoms with van der Waals surface area (Å²) in [5, 5.41) is 2.80. The Kier molecular flexibility index (Phi) is 10.1. The average Bonchev–Trinajstić information content (AvgIpc) is 2.90. The number of allylic oxidation sites excluding steroid dienone is 5. The summed E-state index contributed by atoms with van der Waals surface area (Å²) < 4.78 is 72.0. The van der Waals surface area contributed by atoms with Crippen LogP contribution in [0.5, 0.6) is 0 Å². The highest BCUT2D eigenvalue weighted by atomic mass is 32.2. The molecule has 0 saturated carbocycles. The lowest BCUT2D eigenvalue weighted by Gasteiger charge is -2.40. The Labute approximate surface area is 224 Å². The summed E-state index contributed by atoms with van der Waals surface area (Å²) in [5.41, 5.74) is 0.742. The summed E-state index contributed by atoms with van der Waals surface area (Å²) in [7, 11) is 0. The smallest absolute Gasteiger partial charge is 0.367 e. The van der Waals surface area contributed by atoms with Crippen molar-refractivity contribution in [1.82, 2.24) is 10.2 Å². The lowest BCUT2D eigenvalue weighted by atomic mass is 9.88. The minimum atomic E-state index is -4.58. The van der Waals surface area contributed by atoms with E-state index in [1.807, 2.05) is 12.1 Å². The van der Waals surface area contributed by atoms with Gasteiger partial charge in [0.05, 0.1) is 24.3 Å². The van der Waals surface area contributed by atoms with Gasteiger partial charge in [0.25, 0.3) is 0 Å². The van der Waals surface area contributed by atoms with Crippen LogP contribution in [0.25, 0.3) is 0 Å². The van der Waals surface area contributed by atoms with Crippen molar-refractivity contribution >= 4 is 18.1 Å². The van der Waals surface area contributed by atoms with Crippen LogP contribution in [0.15, 0.2) is 58.5 Å². The molecule has 2 aliphatic heterocycles. The number of rotatable bonds is 7. The molecule has 2 unspecified atom stereocenters. The maximum absolute atomic E-state index is 13.3. The van der Waals surface area contributed by atoms with Crippen molar-refractivity contribution in [1.29, 1.82) is 0 Å². The number of carbonyl (C=O) groups excluding carboxylic acids is 1. The fourth-order valence-electron chi connectivity index (χ4n) is 5.35. The summed E-state index contributed by atoms with van der Waals surface area (Å²) in [5.74, 6) is -0.0510. The molecule has 1 aliphatic carbocycles. The second-order valence-corrected chi connectivity index (χ2v) is 10.7. The second kappa shape index (κ2) is 13.3. The molecule has 0 radical (unpaired) electrons. The fraction of sp³-hybridized carbons (Fsp3) is 0.536. The van der Waals surface area contributed by atoms with E-state index >= 15 is 0 Å². The maximum Gasteiger partial charge on any atom is 0.416 e. The Morgan fingerprint density at radius 1 is 1.08 bits per heavy atom. The normalized spacial score (nSPS) is 28.2. The summed E-state index contributed by atoms with van der Waals surface area (Å²) in [4.78, 5) is 15.1. The molecule has 2 fully saturated rings. The maximum atomic E-state index is 13.3. The van der Waals surface area contributed by atoms with Crippen LogP contribution in [-0.2, 0) is 9.53 Å². The first-order valence-electron chi connectivity index (χ1n) is 13.1. The largest absolute Gasteiger partial charge is 0.416 e. The third kappa shape index (κ3) is 7.93. The van der Waals surface area contributed by atoms with Crippen LogP contribution in [-0.4, -0.2) is 55.4 Å². The van der Waals surface area contributed by atoms with E-state index in [4.69, 9.17) is 4.74 Å². The molecule has 0 aromatic heterocycles. The van der Waals surface area contributed by atoms with E-state index in [-0.39, 0.29) is 54.2 Å². The van der Waals surface area contributed by atoms with Gasteiger partial charge in [0.2, 0.25) is 5.91 Å². The zero-order chi connectivity index (χ0) is 27.1. The van der Waals surface area contributed by atoms with Gasteiger partial charge in [-0.05, 0) is 99.4 Å². The first kappa shape index (κ1) is 28.8. The number of nitrogens with one attached hydrogen (secondary N) is 1. The monoisotopic (exact) mass is 556 g/mol. The van der Waals surface area contributed by atoms with E-state index < -0.39 is 17.9 Å². The molecular formula is C28H33F5N2O2S. The number of hydrogen-bond donors (Lipinski definition) is 1. The molecule has 0 bridgehead atoms. The Morgan fingerprint density at radius 2 is 1.82 bits per heavy atom. The molecular weight excluding hydrogens is 523 g/mol. The summed E-state index contributed by atoms with van der Waals surface area (Å²) in [6.07, 6.45) is 2.70. The van der Waals surface area contributed by atoms with E-state index in [0.29, 0.717) is 30.9 Å². The number of ether oxygens (including phenoxy) is 1. The van der Waals surface area contributed by atoms with Crippen molar-refractivity contribution < 1.29 is 31.0 Å². The van der Waals surface area contributed by atoms with E-state index in [1.54, 1.807) is 6.08 Å². The van der Waals surface area contributed by atoms with Gasteiger partial charge in [-0.25, -0.2) is 4.39 Å². The van der Waals surface area contributed by atoms with Gasteiger partial charge >= 0.3 is 6.18 Å². The van der Waals surface area contributed by atoms with Gasteiger partial charge in [0, 0.05) is 17.5 Å². The molecule has 3 aliphatic rings. The van der Waals surface area contributed by atoms with Crippen LogP contribution >= 0.6 is 12.1 Å². The van der Waals surface area contributed by atoms with Gasteiger partial charge in [-0.1, -0.05) is 18.2 Å². The predicted octanol–water partition coefficient (Wildman–Crippen LogP) is 6.77. The molecule has 1 amide bonds. The van der Waals surface area contributed by atoms with Crippen LogP contribution in [0.1, 0.15) is 56.4 Å². The molecule has 10 heteroatoms. The summed E-state index contributed by atoms with van der Waals surface area (Å²) in [6, 6.07) is 6.99. The van der Waals surface area contributed by atoms with Gasteiger partial charge in [0.1, 0.15) is 11.9 Å². The van der Waals surface area contributed by atoms with Gasteiger partial charge in [-0.15, -0.1) is 0 Å². The number of benzene rings is 1. The van der Waals surface area contributed by atoms with E-state index in [1.165, 1.54) is 17.7 Å². The highest BCUT2D eigenvalue weighted by molar-refractivity contribution is 7.98. The average molecular weight is 557 g/mol. The van der Waals surface area contributed by atoms with Crippen molar-refractivity contribution in [3.8, 4) is 0 Å². The number of amides is 1. The van der Waals surface area contributed by atoms with Crippen LogP contribution < -0.4 is 5.32 Å². The minimum Gasteiger partial charge on any atom is -0.367 e. The molecule has 2 atom stereocenters. The topological polar surface area (TPSA) is 41.6 Å². The molecule has 38 heavy (non-hydrogen) atoms. The number of halogens is 5. The third-order valence-corrected chi connectivity index (χ3v) is 8.05. The molecule has 1 aromatic carbocycles. The van der Waals surface area contributed by atoms with Gasteiger partial charge in [-0.2, -0.15) is 17.1 Å². The fourth-order valence-corrected chi connectivity index (χ4v) is 5.72. The number of carbonyl (C=O) groups is 1. The number of nitrogens with zero attached hydrogens (tertiary/aromatic N) is 1. The number of alkyl halides is 3. The SMILES string of the molecule is O=C(NCCC1=C/CC/C(SF)=C/C(C(F)(F)F)=C\1)C1CCC(N2CCC(c3ccc(F)cc3)CC2)CO1. The highest BCUT2D eigenvalue weighted by Crippen LogP contribution is 2.35. The predicted molar refractivity (Wildman–Crippen MR) is 139 cm³/mol. The van der Waals surface area contributed by atoms with Crippen molar-refractivity contribution in [2.75, 3.05) is 26.2 Å². The highest BCUT2D eigenvalue weighted by Gasteiger charge is 2.34. The zero-order valence-electron chi connectivity index (χ0n) is 21.1. The van der Waals surface area contributed by atoms with Gasteiger partial charge < -0.3 is 10.1 Å². The van der Waals surface area contributed by atoms with Crippen LogP contribution in [0.2, 0.25) is 0 Å².